The van der Waals surface area contributed by atoms with Gasteiger partial charge in [-0.2, -0.15) is 5.10 Å². The Balaban J connectivity index is 1.53. The molecule has 0 saturated heterocycles. The van der Waals surface area contributed by atoms with Crippen LogP contribution in [0.25, 0.3) is 0 Å². The van der Waals surface area contributed by atoms with Crippen LogP contribution in [0.2, 0.25) is 5.02 Å². The van der Waals surface area contributed by atoms with Crippen LogP contribution in [0, 0.1) is 6.92 Å². The van der Waals surface area contributed by atoms with Gasteiger partial charge < -0.3 is 10.1 Å². The van der Waals surface area contributed by atoms with E-state index in [1.54, 1.807) is 36.4 Å². The summed E-state index contributed by atoms with van der Waals surface area (Å²) in [7, 11) is 0. The summed E-state index contributed by atoms with van der Waals surface area (Å²) in [6.45, 7) is 2.23. The van der Waals surface area contributed by atoms with Crippen LogP contribution >= 0.6 is 27.5 Å². The number of carbonyl (C=O) groups is 2. The molecule has 31 heavy (non-hydrogen) atoms. The lowest BCUT2D eigenvalue weighted by atomic mass is 10.2. The molecule has 3 rings (SSSR count). The Morgan fingerprint density at radius 1 is 1.06 bits per heavy atom. The van der Waals surface area contributed by atoms with Gasteiger partial charge in [0.05, 0.1) is 10.7 Å². The van der Waals surface area contributed by atoms with E-state index in [0.717, 1.165) is 11.1 Å². The summed E-state index contributed by atoms with van der Waals surface area (Å²) >= 11 is 9.60. The van der Waals surface area contributed by atoms with Crippen molar-refractivity contribution in [3.8, 4) is 5.75 Å². The van der Waals surface area contributed by atoms with Gasteiger partial charge in [-0.15, -0.1) is 0 Å². The molecule has 0 aliphatic carbocycles. The van der Waals surface area contributed by atoms with E-state index in [1.165, 1.54) is 6.21 Å². The van der Waals surface area contributed by atoms with Gasteiger partial charge in [-0.1, -0.05) is 41.9 Å². The molecule has 0 atom stereocenters. The molecule has 8 heteroatoms. The number of benzene rings is 3. The van der Waals surface area contributed by atoms with Gasteiger partial charge in [0.2, 0.25) is 0 Å². The van der Waals surface area contributed by atoms with Crippen LogP contribution in [0.1, 0.15) is 16.7 Å². The van der Waals surface area contributed by atoms with E-state index in [0.29, 0.717) is 33.1 Å². The third kappa shape index (κ3) is 6.67. The molecule has 0 heterocycles. The average molecular weight is 501 g/mol. The minimum atomic E-state index is -0.864. The molecule has 3 aromatic carbocycles. The molecule has 2 amide bonds. The van der Waals surface area contributed by atoms with Gasteiger partial charge >= 0.3 is 11.8 Å². The molecule has 0 aliphatic rings. The maximum absolute atomic E-state index is 11.9. The largest absolute Gasteiger partial charge is 0.488 e. The number of halogens is 2. The smallest absolute Gasteiger partial charge is 0.329 e. The third-order valence-electron chi connectivity index (χ3n) is 4.16. The second-order valence-corrected chi connectivity index (χ2v) is 7.85. The number of hydrazone groups is 1. The SMILES string of the molecule is Cc1cccc(NC(=O)C(=O)N/N=C\c2ccc(OCc3ccccc3Cl)c(Br)c2)c1. The van der Waals surface area contributed by atoms with Crippen molar-refractivity contribution in [2.45, 2.75) is 13.5 Å². The van der Waals surface area contributed by atoms with Crippen LogP contribution in [-0.2, 0) is 16.2 Å². The lowest BCUT2D eigenvalue weighted by molar-refractivity contribution is -0.136. The zero-order valence-electron chi connectivity index (χ0n) is 16.6. The first-order valence-electron chi connectivity index (χ1n) is 9.29. The van der Waals surface area contributed by atoms with E-state index < -0.39 is 11.8 Å². The normalized spacial score (nSPS) is 10.7. The molecule has 0 bridgehead atoms. The van der Waals surface area contributed by atoms with Crippen LogP contribution in [0.4, 0.5) is 5.69 Å². The molecule has 2 N–H and O–H groups in total. The van der Waals surface area contributed by atoms with Crippen molar-refractivity contribution in [3.05, 3.63) is 92.9 Å². The van der Waals surface area contributed by atoms with E-state index in [-0.39, 0.29) is 0 Å². The van der Waals surface area contributed by atoms with Crippen molar-refractivity contribution in [1.29, 1.82) is 0 Å². The molecule has 0 aliphatic heterocycles. The van der Waals surface area contributed by atoms with Crippen molar-refractivity contribution in [3.63, 3.8) is 0 Å². The third-order valence-corrected chi connectivity index (χ3v) is 5.15. The van der Waals surface area contributed by atoms with Crippen molar-refractivity contribution in [2.75, 3.05) is 5.32 Å². The van der Waals surface area contributed by atoms with Crippen molar-refractivity contribution in [2.24, 2.45) is 5.10 Å². The summed E-state index contributed by atoms with van der Waals surface area (Å²) < 4.78 is 6.51. The summed E-state index contributed by atoms with van der Waals surface area (Å²) in [4.78, 5) is 23.9. The number of nitrogens with zero attached hydrogens (tertiary/aromatic N) is 1. The molecule has 0 radical (unpaired) electrons. The number of amides is 2. The van der Waals surface area contributed by atoms with Gasteiger partial charge in [0, 0.05) is 16.3 Å². The number of nitrogens with one attached hydrogen (secondary N) is 2. The summed E-state index contributed by atoms with van der Waals surface area (Å²) in [6, 6.07) is 19.9. The predicted octanol–water partition coefficient (Wildman–Crippen LogP) is 5.08. The van der Waals surface area contributed by atoms with E-state index >= 15 is 0 Å². The van der Waals surface area contributed by atoms with Crippen molar-refractivity contribution < 1.29 is 14.3 Å². The minimum Gasteiger partial charge on any atom is -0.488 e. The van der Waals surface area contributed by atoms with Crippen LogP contribution in [0.15, 0.2) is 76.3 Å². The maximum atomic E-state index is 11.9. The van der Waals surface area contributed by atoms with E-state index in [4.69, 9.17) is 16.3 Å². The highest BCUT2D eigenvalue weighted by Crippen LogP contribution is 2.27. The first-order valence-corrected chi connectivity index (χ1v) is 10.5. The monoisotopic (exact) mass is 499 g/mol. The van der Waals surface area contributed by atoms with E-state index in [1.807, 2.05) is 37.3 Å². The molecule has 0 fully saturated rings. The van der Waals surface area contributed by atoms with Crippen molar-refractivity contribution >= 4 is 51.2 Å². The first kappa shape index (κ1) is 22.5. The van der Waals surface area contributed by atoms with Gasteiger partial charge in [-0.05, 0) is 70.4 Å². The minimum absolute atomic E-state index is 0.331. The maximum Gasteiger partial charge on any atom is 0.329 e. The lowest BCUT2D eigenvalue weighted by Crippen LogP contribution is -2.32. The number of hydrogen-bond acceptors (Lipinski definition) is 4. The number of aryl methyl sites for hydroxylation is 1. The topological polar surface area (TPSA) is 79.8 Å². The Kier molecular flexibility index (Phi) is 7.81. The molecule has 0 unspecified atom stereocenters. The van der Waals surface area contributed by atoms with Crippen molar-refractivity contribution in [1.82, 2.24) is 5.43 Å². The zero-order chi connectivity index (χ0) is 22.2. The van der Waals surface area contributed by atoms with Crippen LogP contribution < -0.4 is 15.5 Å². The fourth-order valence-electron chi connectivity index (χ4n) is 2.61. The van der Waals surface area contributed by atoms with Crippen LogP contribution in [-0.4, -0.2) is 18.0 Å². The average Bonchev–Trinajstić information content (AvgIpc) is 2.74. The number of ether oxygens (including phenoxy) is 1. The van der Waals surface area contributed by atoms with Gasteiger partial charge in [0.1, 0.15) is 12.4 Å². The van der Waals surface area contributed by atoms with Crippen LogP contribution in [0.3, 0.4) is 0 Å². The Labute approximate surface area is 193 Å². The summed E-state index contributed by atoms with van der Waals surface area (Å²) in [5, 5.41) is 7.00. The lowest BCUT2D eigenvalue weighted by Gasteiger charge is -2.10. The molecule has 3 aromatic rings. The highest BCUT2D eigenvalue weighted by Gasteiger charge is 2.12. The molecule has 0 aromatic heterocycles. The Morgan fingerprint density at radius 3 is 2.61 bits per heavy atom. The number of anilines is 1. The fourth-order valence-corrected chi connectivity index (χ4v) is 3.31. The number of rotatable bonds is 6. The summed E-state index contributed by atoms with van der Waals surface area (Å²) in [5.74, 6) is -1.03. The molecular weight excluding hydrogens is 482 g/mol. The Hall–Kier alpha value is -3.16. The predicted molar refractivity (Wildman–Crippen MR) is 125 cm³/mol. The standard InChI is InChI=1S/C23H19BrClN3O3/c1-15-5-4-7-18(11-15)27-22(29)23(30)28-26-13-16-9-10-21(19(24)12-16)31-14-17-6-2-3-8-20(17)25/h2-13H,14H2,1H3,(H,27,29)(H,28,30)/b26-13-. The summed E-state index contributed by atoms with van der Waals surface area (Å²) in [6.07, 6.45) is 1.43. The fraction of sp³-hybridized carbons (Fsp3) is 0.0870. The molecule has 6 nitrogen and oxygen atoms in total. The Morgan fingerprint density at radius 2 is 1.87 bits per heavy atom. The van der Waals surface area contributed by atoms with E-state index in [9.17, 15) is 9.59 Å². The highest BCUT2D eigenvalue weighted by molar-refractivity contribution is 9.10. The first-order chi connectivity index (χ1) is 14.9. The quantitative estimate of drug-likeness (QED) is 0.281. The van der Waals surface area contributed by atoms with Gasteiger partial charge in [0.15, 0.2) is 0 Å². The molecule has 0 saturated carbocycles. The molecular formula is C23H19BrClN3O3. The van der Waals surface area contributed by atoms with Crippen LogP contribution in [0.5, 0.6) is 5.75 Å². The van der Waals surface area contributed by atoms with Gasteiger partial charge in [-0.3, -0.25) is 9.59 Å². The molecule has 158 valence electrons. The Bertz CT molecular complexity index is 1130. The second-order valence-electron chi connectivity index (χ2n) is 6.59. The van der Waals surface area contributed by atoms with Gasteiger partial charge in [-0.25, -0.2) is 5.43 Å². The zero-order valence-corrected chi connectivity index (χ0v) is 18.9. The number of hydrogen-bond donors (Lipinski definition) is 2. The number of carbonyl (C=O) groups excluding carboxylic acids is 2. The highest BCUT2D eigenvalue weighted by atomic mass is 79.9. The molecule has 0 spiro atoms. The van der Waals surface area contributed by atoms with Gasteiger partial charge in [0.25, 0.3) is 0 Å². The van der Waals surface area contributed by atoms with E-state index in [2.05, 4.69) is 31.8 Å². The second kappa shape index (κ2) is 10.7. The summed E-state index contributed by atoms with van der Waals surface area (Å²) in [5.41, 5.74) is 5.31.